The van der Waals surface area contributed by atoms with Gasteiger partial charge >= 0.3 is 0 Å². The molecule has 20 heavy (non-hydrogen) atoms. The molecule has 0 bridgehead atoms. The molecule has 1 aliphatic heterocycles. The van der Waals surface area contributed by atoms with Gasteiger partial charge in [-0.25, -0.2) is 0 Å². The van der Waals surface area contributed by atoms with E-state index in [1.54, 1.807) is 18.9 Å². The number of hydrogen-bond donors (Lipinski definition) is 1. The van der Waals surface area contributed by atoms with Crippen LogP contribution in [0.15, 0.2) is 28.7 Å². The molecule has 2 N–H and O–H groups in total. The quantitative estimate of drug-likeness (QED) is 0.896. The number of hydrogen-bond acceptors (Lipinski definition) is 3. The van der Waals surface area contributed by atoms with E-state index < -0.39 is 5.54 Å². The van der Waals surface area contributed by atoms with E-state index in [1.807, 2.05) is 24.3 Å². The van der Waals surface area contributed by atoms with Crippen molar-refractivity contribution < 1.29 is 9.53 Å². The molecule has 0 aliphatic carbocycles. The standard InChI is InChI=1S/C14H19BrN2O2.ClH/c1-14(16,10-3-5-11(15)6-4-10)13(18)17-8-7-12(9-17)19-2;/h3-6,12H,7-9,16H2,1-2H3;1H/t12-,14?;/m1./s1. The van der Waals surface area contributed by atoms with E-state index in [0.717, 1.165) is 16.5 Å². The third kappa shape index (κ3) is 3.52. The Balaban J connectivity index is 0.00000200. The lowest BCUT2D eigenvalue weighted by molar-refractivity contribution is -0.136. The van der Waals surface area contributed by atoms with Gasteiger partial charge in [-0.05, 0) is 31.0 Å². The van der Waals surface area contributed by atoms with Gasteiger partial charge in [0.25, 0.3) is 0 Å². The van der Waals surface area contributed by atoms with E-state index in [9.17, 15) is 4.79 Å². The fourth-order valence-electron chi connectivity index (χ4n) is 2.35. The molecule has 0 saturated carbocycles. The average Bonchev–Trinajstić information content (AvgIpc) is 2.87. The first-order valence-electron chi connectivity index (χ1n) is 6.32. The molecule has 0 spiro atoms. The SMILES string of the molecule is CO[C@@H]1CCN(C(=O)C(C)(N)c2ccc(Br)cc2)C1.Cl. The van der Waals surface area contributed by atoms with Crippen LogP contribution in [0.5, 0.6) is 0 Å². The largest absolute Gasteiger partial charge is 0.380 e. The van der Waals surface area contributed by atoms with Crippen molar-refractivity contribution in [3.63, 3.8) is 0 Å². The Labute approximate surface area is 134 Å². The van der Waals surface area contributed by atoms with E-state index in [4.69, 9.17) is 10.5 Å². The predicted octanol–water partition coefficient (Wildman–Crippen LogP) is 2.29. The number of rotatable bonds is 3. The predicted molar refractivity (Wildman–Crippen MR) is 84.9 cm³/mol. The number of methoxy groups -OCH3 is 1. The van der Waals surface area contributed by atoms with Gasteiger partial charge in [0, 0.05) is 24.7 Å². The first-order valence-corrected chi connectivity index (χ1v) is 7.11. The van der Waals surface area contributed by atoms with Crippen LogP contribution in [0.2, 0.25) is 0 Å². The van der Waals surface area contributed by atoms with E-state index >= 15 is 0 Å². The Morgan fingerprint density at radius 1 is 1.45 bits per heavy atom. The number of benzene rings is 1. The molecule has 1 saturated heterocycles. The number of likely N-dealkylation sites (tertiary alicyclic amines) is 1. The highest BCUT2D eigenvalue weighted by Crippen LogP contribution is 2.25. The van der Waals surface area contributed by atoms with Gasteiger partial charge < -0.3 is 15.4 Å². The number of amides is 1. The van der Waals surface area contributed by atoms with E-state index in [1.165, 1.54) is 0 Å². The molecule has 112 valence electrons. The van der Waals surface area contributed by atoms with E-state index in [-0.39, 0.29) is 24.4 Å². The lowest BCUT2D eigenvalue weighted by atomic mass is 9.92. The van der Waals surface area contributed by atoms with Gasteiger partial charge in [-0.3, -0.25) is 4.79 Å². The van der Waals surface area contributed by atoms with Crippen molar-refractivity contribution in [2.24, 2.45) is 5.73 Å². The fourth-order valence-corrected chi connectivity index (χ4v) is 2.62. The summed E-state index contributed by atoms with van der Waals surface area (Å²) in [4.78, 5) is 14.3. The molecule has 1 aliphatic rings. The second-order valence-electron chi connectivity index (χ2n) is 5.11. The lowest BCUT2D eigenvalue weighted by Gasteiger charge is -2.29. The Bertz CT molecular complexity index is 465. The average molecular weight is 364 g/mol. The minimum absolute atomic E-state index is 0. The van der Waals surface area contributed by atoms with Crippen molar-refractivity contribution >= 4 is 34.2 Å². The van der Waals surface area contributed by atoms with Gasteiger partial charge in [-0.2, -0.15) is 0 Å². The van der Waals surface area contributed by atoms with Crippen LogP contribution in [0, 0.1) is 0 Å². The van der Waals surface area contributed by atoms with Crippen molar-refractivity contribution in [3.8, 4) is 0 Å². The van der Waals surface area contributed by atoms with E-state index in [2.05, 4.69) is 15.9 Å². The highest BCUT2D eigenvalue weighted by atomic mass is 79.9. The molecule has 1 heterocycles. The number of carbonyl (C=O) groups excluding carboxylic acids is 1. The van der Waals surface area contributed by atoms with Crippen LogP contribution in [0.25, 0.3) is 0 Å². The molecular weight excluding hydrogens is 344 g/mol. The number of ether oxygens (including phenoxy) is 1. The Hall–Kier alpha value is -0.620. The summed E-state index contributed by atoms with van der Waals surface area (Å²) in [7, 11) is 1.68. The maximum absolute atomic E-state index is 12.5. The first kappa shape index (κ1) is 17.4. The maximum Gasteiger partial charge on any atom is 0.247 e. The molecule has 1 aromatic rings. The van der Waals surface area contributed by atoms with Gasteiger partial charge in [-0.15, -0.1) is 12.4 Å². The Morgan fingerprint density at radius 2 is 2.05 bits per heavy atom. The molecule has 2 rings (SSSR count). The molecule has 1 amide bonds. The summed E-state index contributed by atoms with van der Waals surface area (Å²) in [5, 5.41) is 0. The Kier molecular flexibility index (Phi) is 6.01. The van der Waals surface area contributed by atoms with Crippen LogP contribution in [-0.4, -0.2) is 37.1 Å². The fraction of sp³-hybridized carbons (Fsp3) is 0.500. The molecule has 2 atom stereocenters. The number of carbonyl (C=O) groups is 1. The Morgan fingerprint density at radius 3 is 2.55 bits per heavy atom. The second-order valence-corrected chi connectivity index (χ2v) is 6.02. The number of nitrogens with two attached hydrogens (primary N) is 1. The minimum atomic E-state index is -0.997. The summed E-state index contributed by atoms with van der Waals surface area (Å²) < 4.78 is 6.26. The van der Waals surface area contributed by atoms with Gasteiger partial charge in [-0.1, -0.05) is 28.1 Å². The van der Waals surface area contributed by atoms with Crippen molar-refractivity contribution in [2.45, 2.75) is 25.0 Å². The van der Waals surface area contributed by atoms with Crippen LogP contribution in [-0.2, 0) is 15.1 Å². The molecule has 1 aromatic carbocycles. The minimum Gasteiger partial charge on any atom is -0.380 e. The molecule has 0 radical (unpaired) electrons. The van der Waals surface area contributed by atoms with Gasteiger partial charge in [0.2, 0.25) is 5.91 Å². The summed E-state index contributed by atoms with van der Waals surface area (Å²) in [6.45, 7) is 3.10. The summed E-state index contributed by atoms with van der Waals surface area (Å²) in [5.74, 6) is -0.0469. The molecule has 1 unspecified atom stereocenters. The zero-order chi connectivity index (χ0) is 14.0. The number of nitrogens with zero attached hydrogens (tertiary/aromatic N) is 1. The molecule has 4 nitrogen and oxygen atoms in total. The van der Waals surface area contributed by atoms with Crippen LogP contribution in [0.3, 0.4) is 0 Å². The van der Waals surface area contributed by atoms with E-state index in [0.29, 0.717) is 13.1 Å². The lowest BCUT2D eigenvalue weighted by Crippen LogP contribution is -2.50. The molecule has 1 fully saturated rings. The third-order valence-electron chi connectivity index (χ3n) is 3.65. The smallest absolute Gasteiger partial charge is 0.247 e. The second kappa shape index (κ2) is 6.89. The van der Waals surface area contributed by atoms with Crippen molar-refractivity contribution in [1.29, 1.82) is 0 Å². The normalized spacial score (nSPS) is 21.2. The van der Waals surface area contributed by atoms with Gasteiger partial charge in [0.15, 0.2) is 0 Å². The van der Waals surface area contributed by atoms with Crippen LogP contribution >= 0.6 is 28.3 Å². The molecular formula is C14H20BrClN2O2. The summed E-state index contributed by atoms with van der Waals surface area (Å²) in [6.07, 6.45) is 1.00. The maximum atomic E-state index is 12.5. The molecule has 0 aromatic heterocycles. The van der Waals surface area contributed by atoms with Gasteiger partial charge in [0.05, 0.1) is 6.10 Å². The summed E-state index contributed by atoms with van der Waals surface area (Å²) >= 11 is 3.38. The van der Waals surface area contributed by atoms with Crippen molar-refractivity contribution in [1.82, 2.24) is 4.90 Å². The van der Waals surface area contributed by atoms with Crippen LogP contribution < -0.4 is 5.73 Å². The highest BCUT2D eigenvalue weighted by Gasteiger charge is 2.37. The van der Waals surface area contributed by atoms with Crippen LogP contribution in [0.1, 0.15) is 18.9 Å². The topological polar surface area (TPSA) is 55.6 Å². The monoisotopic (exact) mass is 362 g/mol. The molecule has 6 heteroatoms. The van der Waals surface area contributed by atoms with Crippen molar-refractivity contribution in [2.75, 3.05) is 20.2 Å². The summed E-state index contributed by atoms with van der Waals surface area (Å²) in [5.41, 5.74) is 6.08. The van der Waals surface area contributed by atoms with Crippen molar-refractivity contribution in [3.05, 3.63) is 34.3 Å². The third-order valence-corrected chi connectivity index (χ3v) is 4.18. The highest BCUT2D eigenvalue weighted by molar-refractivity contribution is 9.10. The zero-order valence-corrected chi connectivity index (χ0v) is 14.0. The summed E-state index contributed by atoms with van der Waals surface area (Å²) in [6, 6.07) is 7.56. The first-order chi connectivity index (χ1) is 8.95. The van der Waals surface area contributed by atoms with Gasteiger partial charge in [0.1, 0.15) is 5.54 Å². The number of halogens is 2. The van der Waals surface area contributed by atoms with Crippen LogP contribution in [0.4, 0.5) is 0 Å². The zero-order valence-electron chi connectivity index (χ0n) is 11.6.